The maximum absolute atomic E-state index is 12.5. The molecule has 0 bridgehead atoms. The lowest BCUT2D eigenvalue weighted by Crippen LogP contribution is -2.27. The van der Waals surface area contributed by atoms with E-state index in [2.05, 4.69) is 10.1 Å². The van der Waals surface area contributed by atoms with Crippen molar-refractivity contribution in [1.82, 2.24) is 19.7 Å². The van der Waals surface area contributed by atoms with E-state index in [1.54, 1.807) is 42.2 Å². The first kappa shape index (κ1) is 18.4. The Morgan fingerprint density at radius 1 is 1.22 bits per heavy atom. The van der Waals surface area contributed by atoms with E-state index in [0.717, 1.165) is 22.6 Å². The molecule has 1 atom stereocenters. The first-order valence-corrected chi connectivity index (χ1v) is 8.62. The van der Waals surface area contributed by atoms with Gasteiger partial charge in [-0.2, -0.15) is 5.10 Å². The van der Waals surface area contributed by atoms with Crippen LogP contribution in [0, 0.1) is 0 Å². The molecule has 0 aliphatic carbocycles. The third kappa shape index (κ3) is 4.41. The maximum atomic E-state index is 12.5. The third-order valence-corrected chi connectivity index (χ3v) is 4.50. The highest BCUT2D eigenvalue weighted by Crippen LogP contribution is 2.21. The number of likely N-dealkylation sites (N-methyl/N-ethyl adjacent to an activating group) is 1. The lowest BCUT2D eigenvalue weighted by Gasteiger charge is -2.24. The Morgan fingerprint density at radius 3 is 2.67 bits per heavy atom. The molecule has 0 saturated carbocycles. The summed E-state index contributed by atoms with van der Waals surface area (Å²) in [6.07, 6.45) is 6.52. The second-order valence-corrected chi connectivity index (χ2v) is 6.17. The van der Waals surface area contributed by atoms with Gasteiger partial charge in [0.15, 0.2) is 0 Å². The molecule has 0 aliphatic rings. The van der Waals surface area contributed by atoms with Crippen LogP contribution in [0.2, 0.25) is 0 Å². The largest absolute Gasteiger partial charge is 0.497 e. The van der Waals surface area contributed by atoms with E-state index in [1.807, 2.05) is 55.5 Å². The van der Waals surface area contributed by atoms with Crippen LogP contribution in [-0.2, 0) is 4.79 Å². The van der Waals surface area contributed by atoms with Crippen LogP contribution in [0.1, 0.15) is 24.1 Å². The van der Waals surface area contributed by atoms with Crippen molar-refractivity contribution in [2.24, 2.45) is 0 Å². The van der Waals surface area contributed by atoms with E-state index >= 15 is 0 Å². The Bertz CT molecular complexity index is 918. The second-order valence-electron chi connectivity index (χ2n) is 6.17. The molecular formula is C21H22N4O2. The Morgan fingerprint density at radius 2 is 2.00 bits per heavy atom. The highest BCUT2D eigenvalue weighted by atomic mass is 16.5. The van der Waals surface area contributed by atoms with E-state index in [4.69, 9.17) is 4.74 Å². The normalized spacial score (nSPS) is 12.1. The molecule has 0 aliphatic heterocycles. The SMILES string of the molecule is COc1cccc(/C=C/C(=O)N(C)C(C)c2ccc(-n3cncn3)cc2)c1. The van der Waals surface area contributed by atoms with Gasteiger partial charge < -0.3 is 9.64 Å². The number of nitrogens with zero attached hydrogens (tertiary/aromatic N) is 4. The van der Waals surface area contributed by atoms with E-state index in [9.17, 15) is 4.79 Å². The van der Waals surface area contributed by atoms with Crippen LogP contribution < -0.4 is 4.74 Å². The molecule has 0 fully saturated rings. The summed E-state index contributed by atoms with van der Waals surface area (Å²) in [7, 11) is 3.42. The molecule has 6 nitrogen and oxygen atoms in total. The number of amides is 1. The smallest absolute Gasteiger partial charge is 0.246 e. The van der Waals surface area contributed by atoms with Crippen LogP contribution in [0.3, 0.4) is 0 Å². The summed E-state index contributed by atoms with van der Waals surface area (Å²) in [5.41, 5.74) is 2.89. The minimum absolute atomic E-state index is 0.0581. The summed E-state index contributed by atoms with van der Waals surface area (Å²) in [6, 6.07) is 15.4. The van der Waals surface area contributed by atoms with Crippen LogP contribution in [-0.4, -0.2) is 39.7 Å². The molecule has 1 unspecified atom stereocenters. The summed E-state index contributed by atoms with van der Waals surface area (Å²) < 4.78 is 6.90. The third-order valence-electron chi connectivity index (χ3n) is 4.50. The highest BCUT2D eigenvalue weighted by Gasteiger charge is 2.15. The lowest BCUT2D eigenvalue weighted by molar-refractivity contribution is -0.126. The van der Waals surface area contributed by atoms with E-state index in [-0.39, 0.29) is 11.9 Å². The van der Waals surface area contributed by atoms with Gasteiger partial charge in [0.25, 0.3) is 0 Å². The number of methoxy groups -OCH3 is 1. The van der Waals surface area contributed by atoms with Gasteiger partial charge >= 0.3 is 0 Å². The van der Waals surface area contributed by atoms with Crippen LogP contribution in [0.4, 0.5) is 0 Å². The molecule has 6 heteroatoms. The van der Waals surface area contributed by atoms with Gasteiger partial charge in [0.1, 0.15) is 18.4 Å². The molecule has 27 heavy (non-hydrogen) atoms. The number of hydrogen-bond donors (Lipinski definition) is 0. The zero-order valence-corrected chi connectivity index (χ0v) is 15.6. The topological polar surface area (TPSA) is 60.2 Å². The zero-order valence-electron chi connectivity index (χ0n) is 15.6. The fourth-order valence-electron chi connectivity index (χ4n) is 2.69. The molecule has 3 rings (SSSR count). The molecule has 0 radical (unpaired) electrons. The first-order valence-electron chi connectivity index (χ1n) is 8.62. The fraction of sp³-hybridized carbons (Fsp3) is 0.190. The van der Waals surface area contributed by atoms with Crippen molar-refractivity contribution in [3.05, 3.63) is 78.4 Å². The van der Waals surface area contributed by atoms with Gasteiger partial charge in [-0.1, -0.05) is 24.3 Å². The quantitative estimate of drug-likeness (QED) is 0.630. The van der Waals surface area contributed by atoms with Crippen LogP contribution in [0.25, 0.3) is 11.8 Å². The Balaban J connectivity index is 1.67. The number of carbonyl (C=O) groups is 1. The van der Waals surface area contributed by atoms with Gasteiger partial charge in [-0.25, -0.2) is 9.67 Å². The predicted octanol–water partition coefficient (Wildman–Crippen LogP) is 3.51. The van der Waals surface area contributed by atoms with Gasteiger partial charge in [0, 0.05) is 13.1 Å². The number of rotatable bonds is 6. The summed E-state index contributed by atoms with van der Waals surface area (Å²) in [6.45, 7) is 2.00. The van der Waals surface area contributed by atoms with Crippen LogP contribution >= 0.6 is 0 Å². The molecule has 0 saturated heterocycles. The molecule has 138 valence electrons. The average molecular weight is 362 g/mol. The van der Waals surface area contributed by atoms with Crippen LogP contribution in [0.15, 0.2) is 67.3 Å². The molecule has 1 heterocycles. The molecule has 1 aromatic heterocycles. The van der Waals surface area contributed by atoms with Crippen molar-refractivity contribution in [1.29, 1.82) is 0 Å². The monoisotopic (exact) mass is 362 g/mol. The van der Waals surface area contributed by atoms with E-state index < -0.39 is 0 Å². The molecular weight excluding hydrogens is 340 g/mol. The summed E-state index contributed by atoms with van der Waals surface area (Å²) in [5.74, 6) is 0.699. The number of carbonyl (C=O) groups excluding carboxylic acids is 1. The van der Waals surface area contributed by atoms with Gasteiger partial charge in [-0.05, 0) is 48.4 Å². The molecule has 3 aromatic rings. The highest BCUT2D eigenvalue weighted by molar-refractivity contribution is 5.91. The minimum Gasteiger partial charge on any atom is -0.497 e. The summed E-state index contributed by atoms with van der Waals surface area (Å²) in [5, 5.41) is 4.11. The molecule has 1 amide bonds. The fourth-order valence-corrected chi connectivity index (χ4v) is 2.69. The van der Waals surface area contributed by atoms with Crippen molar-refractivity contribution in [3.8, 4) is 11.4 Å². The predicted molar refractivity (Wildman–Crippen MR) is 105 cm³/mol. The minimum atomic E-state index is -0.0642. The van der Waals surface area contributed by atoms with Crippen molar-refractivity contribution in [2.75, 3.05) is 14.2 Å². The maximum Gasteiger partial charge on any atom is 0.246 e. The number of benzene rings is 2. The van der Waals surface area contributed by atoms with Crippen molar-refractivity contribution < 1.29 is 9.53 Å². The number of ether oxygens (including phenoxy) is 1. The lowest BCUT2D eigenvalue weighted by atomic mass is 10.1. The first-order chi connectivity index (χ1) is 13.1. The second kappa shape index (κ2) is 8.31. The summed E-state index contributed by atoms with van der Waals surface area (Å²) >= 11 is 0. The molecule has 0 spiro atoms. The van der Waals surface area contributed by atoms with Crippen molar-refractivity contribution >= 4 is 12.0 Å². The Hall–Kier alpha value is -3.41. The van der Waals surface area contributed by atoms with Crippen molar-refractivity contribution in [3.63, 3.8) is 0 Å². The Labute approximate surface area is 158 Å². The van der Waals surface area contributed by atoms with Gasteiger partial charge in [-0.3, -0.25) is 4.79 Å². The number of aromatic nitrogens is 3. The molecule has 0 N–H and O–H groups in total. The van der Waals surface area contributed by atoms with E-state index in [0.29, 0.717) is 0 Å². The van der Waals surface area contributed by atoms with Gasteiger partial charge in [0.05, 0.1) is 18.8 Å². The standard InChI is InChI=1S/C21H22N4O2/c1-16(18-8-10-19(11-9-18)25-15-22-14-23-25)24(2)21(26)12-7-17-5-4-6-20(13-17)27-3/h4-16H,1-3H3/b12-7+. The molecule has 2 aromatic carbocycles. The van der Waals surface area contributed by atoms with Gasteiger partial charge in [0.2, 0.25) is 5.91 Å². The van der Waals surface area contributed by atoms with Crippen LogP contribution in [0.5, 0.6) is 5.75 Å². The number of hydrogen-bond acceptors (Lipinski definition) is 4. The van der Waals surface area contributed by atoms with E-state index in [1.165, 1.54) is 6.33 Å². The Kier molecular flexibility index (Phi) is 5.66. The average Bonchev–Trinajstić information content (AvgIpc) is 3.26. The summed E-state index contributed by atoms with van der Waals surface area (Å²) in [4.78, 5) is 18.2. The van der Waals surface area contributed by atoms with Crippen molar-refractivity contribution in [2.45, 2.75) is 13.0 Å². The van der Waals surface area contributed by atoms with Gasteiger partial charge in [-0.15, -0.1) is 0 Å². The zero-order chi connectivity index (χ0) is 19.2.